The molecule has 0 aliphatic carbocycles. The molecular formula is C19H26N4O3. The van der Waals surface area contributed by atoms with E-state index in [9.17, 15) is 14.4 Å². The Morgan fingerprint density at radius 3 is 2.50 bits per heavy atom. The first-order valence-electron chi connectivity index (χ1n) is 9.37. The van der Waals surface area contributed by atoms with Crippen molar-refractivity contribution in [1.29, 1.82) is 0 Å². The summed E-state index contributed by atoms with van der Waals surface area (Å²) >= 11 is 0. The Labute approximate surface area is 153 Å². The molecule has 3 heterocycles. The minimum absolute atomic E-state index is 0.114. The van der Waals surface area contributed by atoms with Crippen molar-refractivity contribution in [2.45, 2.75) is 39.3 Å². The van der Waals surface area contributed by atoms with Gasteiger partial charge in [-0.25, -0.2) is 0 Å². The second-order valence-electron chi connectivity index (χ2n) is 6.48. The van der Waals surface area contributed by atoms with E-state index in [4.69, 9.17) is 0 Å². The zero-order chi connectivity index (χ0) is 18.7. The van der Waals surface area contributed by atoms with Crippen molar-refractivity contribution in [2.24, 2.45) is 0 Å². The largest absolute Gasteiger partial charge is 0.369 e. The van der Waals surface area contributed by atoms with Gasteiger partial charge in [0.15, 0.2) is 0 Å². The molecule has 2 saturated heterocycles. The van der Waals surface area contributed by atoms with Crippen LogP contribution in [0.3, 0.4) is 0 Å². The van der Waals surface area contributed by atoms with Crippen LogP contribution in [0, 0.1) is 0 Å². The van der Waals surface area contributed by atoms with Crippen molar-refractivity contribution in [1.82, 2.24) is 15.5 Å². The van der Waals surface area contributed by atoms with E-state index in [0.29, 0.717) is 18.5 Å². The summed E-state index contributed by atoms with van der Waals surface area (Å²) < 4.78 is 0. The molecule has 0 saturated carbocycles. The van der Waals surface area contributed by atoms with Gasteiger partial charge in [-0.3, -0.25) is 19.7 Å². The van der Waals surface area contributed by atoms with E-state index >= 15 is 0 Å². The lowest BCUT2D eigenvalue weighted by Gasteiger charge is -2.30. The molecule has 0 aromatic heterocycles. The predicted octanol–water partition coefficient (Wildman–Crippen LogP) is 0.883. The summed E-state index contributed by atoms with van der Waals surface area (Å²) in [6.45, 7) is 8.15. The van der Waals surface area contributed by atoms with Crippen molar-refractivity contribution in [3.05, 3.63) is 29.3 Å². The van der Waals surface area contributed by atoms with Crippen LogP contribution in [0.25, 0.3) is 0 Å². The highest BCUT2D eigenvalue weighted by atomic mass is 16.2. The summed E-state index contributed by atoms with van der Waals surface area (Å²) in [6.07, 6.45) is 0.678. The quantitative estimate of drug-likeness (QED) is 0.767. The van der Waals surface area contributed by atoms with Gasteiger partial charge in [0.1, 0.15) is 6.04 Å². The van der Waals surface area contributed by atoms with Gasteiger partial charge in [-0.1, -0.05) is 19.9 Å². The number of amides is 3. The van der Waals surface area contributed by atoms with E-state index in [-0.39, 0.29) is 24.1 Å². The predicted molar refractivity (Wildman–Crippen MR) is 98.9 cm³/mol. The first kappa shape index (κ1) is 18.4. The number of carbonyl (C=O) groups excluding carboxylic acids is 3. The molecule has 3 aliphatic rings. The summed E-state index contributed by atoms with van der Waals surface area (Å²) in [5, 5.41) is 5.65. The third kappa shape index (κ3) is 3.44. The number of benzene rings is 1. The van der Waals surface area contributed by atoms with Gasteiger partial charge in [-0.05, 0) is 24.1 Å². The van der Waals surface area contributed by atoms with E-state index in [1.165, 1.54) is 0 Å². The Morgan fingerprint density at radius 2 is 1.81 bits per heavy atom. The number of nitrogens with zero attached hydrogens (tertiary/aromatic N) is 2. The lowest BCUT2D eigenvalue weighted by atomic mass is 10.0. The molecule has 2 fully saturated rings. The van der Waals surface area contributed by atoms with Gasteiger partial charge in [0.2, 0.25) is 11.8 Å². The number of anilines is 1. The van der Waals surface area contributed by atoms with Crippen LogP contribution in [0.15, 0.2) is 18.2 Å². The molecule has 4 rings (SSSR count). The number of hydrogen-bond donors (Lipinski definition) is 2. The molecule has 3 aliphatic heterocycles. The van der Waals surface area contributed by atoms with E-state index in [2.05, 4.69) is 15.5 Å². The van der Waals surface area contributed by atoms with Crippen molar-refractivity contribution >= 4 is 23.4 Å². The first-order valence-corrected chi connectivity index (χ1v) is 9.37. The summed E-state index contributed by atoms with van der Waals surface area (Å²) in [5.74, 6) is -0.743. The first-order chi connectivity index (χ1) is 12.6. The molecule has 7 nitrogen and oxygen atoms in total. The Bertz CT molecular complexity index is 713. The fourth-order valence-corrected chi connectivity index (χ4v) is 3.66. The molecule has 3 amide bonds. The minimum Gasteiger partial charge on any atom is -0.369 e. The summed E-state index contributed by atoms with van der Waals surface area (Å²) in [5.41, 5.74) is 2.67. The molecule has 140 valence electrons. The van der Waals surface area contributed by atoms with E-state index in [1.54, 1.807) is 4.90 Å². The summed E-state index contributed by atoms with van der Waals surface area (Å²) in [6, 6.07) is 5.42. The number of hydrogen-bond acceptors (Lipinski definition) is 5. The molecule has 7 heteroatoms. The molecule has 1 atom stereocenters. The van der Waals surface area contributed by atoms with Crippen LogP contribution in [-0.4, -0.2) is 54.8 Å². The number of piperidine rings is 1. The minimum atomic E-state index is -0.551. The molecule has 2 N–H and O–H groups in total. The molecule has 0 bridgehead atoms. The maximum Gasteiger partial charge on any atom is 0.255 e. The van der Waals surface area contributed by atoms with Gasteiger partial charge in [-0.15, -0.1) is 0 Å². The maximum absolute atomic E-state index is 12.8. The number of rotatable bonds is 2. The van der Waals surface area contributed by atoms with Crippen LogP contribution < -0.4 is 15.5 Å². The molecule has 0 radical (unpaired) electrons. The zero-order valence-electron chi connectivity index (χ0n) is 15.4. The molecule has 0 spiro atoms. The van der Waals surface area contributed by atoms with Crippen LogP contribution in [0.1, 0.15) is 42.6 Å². The third-order valence-corrected chi connectivity index (χ3v) is 4.99. The second-order valence-corrected chi connectivity index (χ2v) is 6.48. The Balaban J connectivity index is 0.000000948. The van der Waals surface area contributed by atoms with Gasteiger partial charge in [0, 0.05) is 50.4 Å². The fourth-order valence-electron chi connectivity index (χ4n) is 3.66. The SMILES string of the molecule is CC.O=C1CCC(N2Cc3ccc(N4CCNCC4)cc3C2=O)C(=O)N1. The third-order valence-electron chi connectivity index (χ3n) is 4.99. The van der Waals surface area contributed by atoms with Crippen LogP contribution in [0.4, 0.5) is 5.69 Å². The van der Waals surface area contributed by atoms with Gasteiger partial charge < -0.3 is 15.1 Å². The number of fused-ring (bicyclic) bond motifs is 1. The average Bonchev–Trinajstić information content (AvgIpc) is 3.00. The topological polar surface area (TPSA) is 81.8 Å². The summed E-state index contributed by atoms with van der Waals surface area (Å²) in [7, 11) is 0. The molecule has 1 unspecified atom stereocenters. The Kier molecular flexibility index (Phi) is 5.56. The highest BCUT2D eigenvalue weighted by molar-refractivity contribution is 6.05. The normalized spacial score (nSPS) is 22.5. The van der Waals surface area contributed by atoms with E-state index in [0.717, 1.165) is 37.4 Å². The van der Waals surface area contributed by atoms with E-state index < -0.39 is 6.04 Å². The number of imide groups is 1. The van der Waals surface area contributed by atoms with Crippen molar-refractivity contribution in [3.63, 3.8) is 0 Å². The van der Waals surface area contributed by atoms with Crippen molar-refractivity contribution in [3.8, 4) is 0 Å². The van der Waals surface area contributed by atoms with Crippen LogP contribution in [0.2, 0.25) is 0 Å². The van der Waals surface area contributed by atoms with Crippen molar-refractivity contribution in [2.75, 3.05) is 31.1 Å². The smallest absolute Gasteiger partial charge is 0.255 e. The molecule has 26 heavy (non-hydrogen) atoms. The van der Waals surface area contributed by atoms with Gasteiger partial charge in [0.25, 0.3) is 5.91 Å². The molecular weight excluding hydrogens is 332 g/mol. The number of piperazine rings is 1. The highest BCUT2D eigenvalue weighted by Gasteiger charge is 2.39. The monoisotopic (exact) mass is 358 g/mol. The Hall–Kier alpha value is -2.41. The van der Waals surface area contributed by atoms with Gasteiger partial charge >= 0.3 is 0 Å². The van der Waals surface area contributed by atoms with E-state index in [1.807, 2.05) is 32.0 Å². The zero-order valence-corrected chi connectivity index (χ0v) is 15.4. The van der Waals surface area contributed by atoms with Crippen molar-refractivity contribution < 1.29 is 14.4 Å². The number of nitrogens with one attached hydrogen (secondary N) is 2. The second kappa shape index (κ2) is 7.86. The lowest BCUT2D eigenvalue weighted by molar-refractivity contribution is -0.136. The summed E-state index contributed by atoms with van der Waals surface area (Å²) in [4.78, 5) is 40.0. The maximum atomic E-state index is 12.8. The van der Waals surface area contributed by atoms with Crippen LogP contribution in [-0.2, 0) is 16.1 Å². The number of carbonyl (C=O) groups is 3. The van der Waals surface area contributed by atoms with Gasteiger partial charge in [-0.2, -0.15) is 0 Å². The standard InChI is InChI=1S/C17H20N4O3.C2H6/c22-15-4-3-14(16(23)19-15)21-10-11-1-2-12(9-13(11)17(21)24)20-7-5-18-6-8-20;1-2/h1-2,9,14,18H,3-8,10H2,(H,19,22,23);1-2H3. The molecule has 1 aromatic rings. The molecule has 1 aromatic carbocycles. The Morgan fingerprint density at radius 1 is 1.08 bits per heavy atom. The fraction of sp³-hybridized carbons (Fsp3) is 0.526. The lowest BCUT2D eigenvalue weighted by Crippen LogP contribution is -2.52. The van der Waals surface area contributed by atoms with Gasteiger partial charge in [0.05, 0.1) is 0 Å². The van der Waals surface area contributed by atoms with Crippen LogP contribution in [0.5, 0.6) is 0 Å². The highest BCUT2D eigenvalue weighted by Crippen LogP contribution is 2.30. The average molecular weight is 358 g/mol. The van der Waals surface area contributed by atoms with Crippen LogP contribution >= 0.6 is 0 Å².